The maximum absolute atomic E-state index is 12.8. The van der Waals surface area contributed by atoms with Crippen LogP contribution in [0.4, 0.5) is 13.2 Å². The van der Waals surface area contributed by atoms with E-state index in [2.05, 4.69) is 10.3 Å². The Balaban J connectivity index is 2.15. The normalized spacial score (nSPS) is 11.3. The SMILES string of the molecule is CN(C)C(=O)CN(CC(F)(F)F)C(=O)c1cn(Cc2ccccc2)nn1. The van der Waals surface area contributed by atoms with E-state index < -0.39 is 31.1 Å². The van der Waals surface area contributed by atoms with E-state index in [1.54, 1.807) is 0 Å². The van der Waals surface area contributed by atoms with Gasteiger partial charge >= 0.3 is 6.18 Å². The predicted octanol–water partition coefficient (Wildman–Crippen LogP) is 1.42. The molecular weight excluding hydrogens is 351 g/mol. The van der Waals surface area contributed by atoms with Crippen molar-refractivity contribution in [2.75, 3.05) is 27.2 Å². The van der Waals surface area contributed by atoms with Gasteiger partial charge in [-0.3, -0.25) is 9.59 Å². The van der Waals surface area contributed by atoms with Crippen molar-refractivity contribution in [2.24, 2.45) is 0 Å². The molecular formula is C16H18F3N5O2. The Hall–Kier alpha value is -2.91. The third-order valence-electron chi connectivity index (χ3n) is 3.43. The molecule has 7 nitrogen and oxygen atoms in total. The molecule has 0 radical (unpaired) electrons. The Morgan fingerprint density at radius 2 is 1.81 bits per heavy atom. The minimum absolute atomic E-state index is 0.253. The summed E-state index contributed by atoms with van der Waals surface area (Å²) in [4.78, 5) is 25.7. The quantitative estimate of drug-likeness (QED) is 0.772. The predicted molar refractivity (Wildman–Crippen MR) is 86.2 cm³/mol. The second-order valence-corrected chi connectivity index (χ2v) is 5.85. The molecule has 26 heavy (non-hydrogen) atoms. The molecule has 0 atom stereocenters. The van der Waals surface area contributed by atoms with Crippen molar-refractivity contribution in [1.82, 2.24) is 24.8 Å². The molecule has 0 spiro atoms. The second kappa shape index (κ2) is 7.98. The molecule has 2 aromatic rings. The molecule has 140 valence electrons. The Morgan fingerprint density at radius 1 is 1.15 bits per heavy atom. The molecule has 0 aliphatic rings. The van der Waals surface area contributed by atoms with E-state index in [4.69, 9.17) is 0 Å². The fourth-order valence-corrected chi connectivity index (χ4v) is 2.13. The number of aromatic nitrogens is 3. The largest absolute Gasteiger partial charge is 0.406 e. The van der Waals surface area contributed by atoms with Crippen molar-refractivity contribution in [2.45, 2.75) is 12.7 Å². The molecule has 0 fully saturated rings. The number of nitrogens with zero attached hydrogens (tertiary/aromatic N) is 5. The summed E-state index contributed by atoms with van der Waals surface area (Å²) in [6, 6.07) is 9.19. The van der Waals surface area contributed by atoms with Gasteiger partial charge < -0.3 is 9.80 Å². The van der Waals surface area contributed by atoms with Gasteiger partial charge in [-0.2, -0.15) is 13.2 Å². The number of rotatable bonds is 6. The Bertz CT molecular complexity index is 759. The molecule has 1 aromatic heterocycles. The number of amides is 2. The van der Waals surface area contributed by atoms with Crippen molar-refractivity contribution in [3.8, 4) is 0 Å². The zero-order valence-corrected chi connectivity index (χ0v) is 14.3. The average molecular weight is 369 g/mol. The third kappa shape index (κ3) is 5.57. The van der Waals surface area contributed by atoms with E-state index in [-0.39, 0.29) is 5.69 Å². The zero-order chi connectivity index (χ0) is 19.3. The van der Waals surface area contributed by atoms with Crippen LogP contribution in [0.15, 0.2) is 36.5 Å². The molecule has 0 aliphatic heterocycles. The van der Waals surface area contributed by atoms with Crippen molar-refractivity contribution >= 4 is 11.8 Å². The van der Waals surface area contributed by atoms with Gasteiger partial charge in [-0.1, -0.05) is 35.5 Å². The molecule has 0 bridgehead atoms. The lowest BCUT2D eigenvalue weighted by molar-refractivity contribution is -0.146. The van der Waals surface area contributed by atoms with Crippen LogP contribution in [0.5, 0.6) is 0 Å². The third-order valence-corrected chi connectivity index (χ3v) is 3.43. The van der Waals surface area contributed by atoms with Gasteiger partial charge in [0, 0.05) is 14.1 Å². The molecule has 10 heteroatoms. The fraction of sp³-hybridized carbons (Fsp3) is 0.375. The first-order valence-electron chi connectivity index (χ1n) is 7.66. The van der Waals surface area contributed by atoms with Crippen LogP contribution in [-0.4, -0.2) is 70.0 Å². The van der Waals surface area contributed by atoms with Crippen LogP contribution in [0.3, 0.4) is 0 Å². The van der Waals surface area contributed by atoms with E-state index >= 15 is 0 Å². The summed E-state index contributed by atoms with van der Waals surface area (Å²) < 4.78 is 39.6. The van der Waals surface area contributed by atoms with Gasteiger partial charge in [-0.25, -0.2) is 4.68 Å². The summed E-state index contributed by atoms with van der Waals surface area (Å²) in [5.41, 5.74) is 0.642. The number of carbonyl (C=O) groups excluding carboxylic acids is 2. The second-order valence-electron chi connectivity index (χ2n) is 5.85. The lowest BCUT2D eigenvalue weighted by Crippen LogP contribution is -2.45. The van der Waals surface area contributed by atoms with Gasteiger partial charge in [0.05, 0.1) is 12.7 Å². The number of benzene rings is 1. The first-order valence-corrected chi connectivity index (χ1v) is 7.66. The first kappa shape index (κ1) is 19.4. The molecule has 0 N–H and O–H groups in total. The number of hydrogen-bond acceptors (Lipinski definition) is 4. The van der Waals surface area contributed by atoms with Crippen LogP contribution in [0, 0.1) is 0 Å². The fourth-order valence-electron chi connectivity index (χ4n) is 2.13. The van der Waals surface area contributed by atoms with Crippen molar-refractivity contribution in [3.63, 3.8) is 0 Å². The summed E-state index contributed by atoms with van der Waals surface area (Å²) >= 11 is 0. The molecule has 0 unspecified atom stereocenters. The van der Waals surface area contributed by atoms with Gasteiger partial charge in [-0.15, -0.1) is 5.10 Å². The molecule has 1 heterocycles. The van der Waals surface area contributed by atoms with Crippen LogP contribution < -0.4 is 0 Å². The van der Waals surface area contributed by atoms with E-state index in [0.717, 1.165) is 10.5 Å². The Labute approximate surface area is 148 Å². The monoisotopic (exact) mass is 369 g/mol. The van der Waals surface area contributed by atoms with Gasteiger partial charge in [0.25, 0.3) is 5.91 Å². The smallest absolute Gasteiger partial charge is 0.347 e. The van der Waals surface area contributed by atoms with Crippen molar-refractivity contribution in [1.29, 1.82) is 0 Å². The van der Waals surface area contributed by atoms with Gasteiger partial charge in [0.1, 0.15) is 13.1 Å². The summed E-state index contributed by atoms with van der Waals surface area (Å²) in [5.74, 6) is -1.63. The number of halogens is 3. The standard InChI is InChI=1S/C16H18F3N5O2/c1-22(2)14(25)10-23(11-16(17,18)19)15(26)13-9-24(21-20-13)8-12-6-4-3-5-7-12/h3-7,9H,8,10-11H2,1-2H3. The Kier molecular flexibility index (Phi) is 5.96. The van der Waals surface area contributed by atoms with E-state index in [9.17, 15) is 22.8 Å². The van der Waals surface area contributed by atoms with Crippen molar-refractivity contribution in [3.05, 3.63) is 47.8 Å². The zero-order valence-electron chi connectivity index (χ0n) is 14.3. The van der Waals surface area contributed by atoms with E-state index in [1.165, 1.54) is 25.0 Å². The Morgan fingerprint density at radius 3 is 2.38 bits per heavy atom. The van der Waals surface area contributed by atoms with Crippen LogP contribution in [0.2, 0.25) is 0 Å². The summed E-state index contributed by atoms with van der Waals surface area (Å²) in [7, 11) is 2.80. The molecule has 0 saturated carbocycles. The number of likely N-dealkylation sites (N-methyl/N-ethyl adjacent to an activating group) is 1. The number of alkyl halides is 3. The summed E-state index contributed by atoms with van der Waals surface area (Å²) in [5, 5.41) is 7.41. The molecule has 2 amide bonds. The topological polar surface area (TPSA) is 71.3 Å². The van der Waals surface area contributed by atoms with Gasteiger partial charge in [0.2, 0.25) is 5.91 Å². The number of hydrogen-bond donors (Lipinski definition) is 0. The van der Waals surface area contributed by atoms with Crippen LogP contribution in [0.25, 0.3) is 0 Å². The minimum Gasteiger partial charge on any atom is -0.347 e. The summed E-state index contributed by atoms with van der Waals surface area (Å²) in [6.07, 6.45) is -3.37. The maximum Gasteiger partial charge on any atom is 0.406 e. The molecule has 1 aromatic carbocycles. The minimum atomic E-state index is -4.64. The lowest BCUT2D eigenvalue weighted by Gasteiger charge is -2.23. The van der Waals surface area contributed by atoms with Crippen molar-refractivity contribution < 1.29 is 22.8 Å². The highest BCUT2D eigenvalue weighted by Crippen LogP contribution is 2.18. The highest BCUT2D eigenvalue weighted by Gasteiger charge is 2.35. The van der Waals surface area contributed by atoms with Gasteiger partial charge in [0.15, 0.2) is 5.69 Å². The first-order chi connectivity index (χ1) is 12.2. The lowest BCUT2D eigenvalue weighted by atomic mass is 10.2. The molecule has 2 rings (SSSR count). The highest BCUT2D eigenvalue weighted by atomic mass is 19.4. The van der Waals surface area contributed by atoms with E-state index in [1.807, 2.05) is 30.3 Å². The summed E-state index contributed by atoms with van der Waals surface area (Å²) in [6.45, 7) is -1.93. The molecule has 0 saturated heterocycles. The highest BCUT2D eigenvalue weighted by molar-refractivity contribution is 5.94. The van der Waals surface area contributed by atoms with Gasteiger partial charge in [-0.05, 0) is 5.56 Å². The van der Waals surface area contributed by atoms with E-state index in [0.29, 0.717) is 11.4 Å². The number of carbonyl (C=O) groups is 2. The maximum atomic E-state index is 12.8. The molecule has 0 aliphatic carbocycles. The average Bonchev–Trinajstić information content (AvgIpc) is 3.01. The van der Waals surface area contributed by atoms with Crippen LogP contribution in [0.1, 0.15) is 16.1 Å². The van der Waals surface area contributed by atoms with Crippen LogP contribution in [-0.2, 0) is 11.3 Å². The van der Waals surface area contributed by atoms with Crippen LogP contribution >= 0.6 is 0 Å².